The molecule has 0 aliphatic carbocycles. The van der Waals surface area contributed by atoms with Crippen LogP contribution in [0, 0.1) is 11.8 Å². The van der Waals surface area contributed by atoms with Crippen LogP contribution in [0.25, 0.3) is 0 Å². The Bertz CT molecular complexity index is 673. The van der Waals surface area contributed by atoms with Gasteiger partial charge < -0.3 is 32.5 Å². The summed E-state index contributed by atoms with van der Waals surface area (Å²) in [5, 5.41) is 16.7. The number of aliphatic carboxylic acids is 1. The van der Waals surface area contributed by atoms with E-state index in [9.17, 15) is 29.1 Å². The van der Waals surface area contributed by atoms with Crippen molar-refractivity contribution < 1.29 is 29.1 Å². The predicted octanol–water partition coefficient (Wildman–Crippen LogP) is -0.817. The van der Waals surface area contributed by atoms with Crippen LogP contribution in [0.2, 0.25) is 0 Å². The summed E-state index contributed by atoms with van der Waals surface area (Å²) < 4.78 is 0. The summed E-state index contributed by atoms with van der Waals surface area (Å²) in [7, 11) is 0. The van der Waals surface area contributed by atoms with E-state index in [1.54, 1.807) is 27.7 Å². The Kier molecular flexibility index (Phi) is 13.6. The van der Waals surface area contributed by atoms with Crippen LogP contribution in [0.4, 0.5) is 0 Å². The number of carbonyl (C=O) groups is 5. The van der Waals surface area contributed by atoms with Gasteiger partial charge in [-0.2, -0.15) is 11.8 Å². The van der Waals surface area contributed by atoms with Crippen molar-refractivity contribution in [2.45, 2.75) is 71.1 Å². The van der Waals surface area contributed by atoms with Gasteiger partial charge >= 0.3 is 5.97 Å². The van der Waals surface area contributed by atoms with E-state index in [1.807, 2.05) is 6.26 Å². The van der Waals surface area contributed by atoms with Crippen LogP contribution in [0.3, 0.4) is 0 Å². The molecular formula is C20H37N5O6S. The normalized spacial score (nSPS) is 14.9. The molecule has 11 nitrogen and oxygen atoms in total. The van der Waals surface area contributed by atoms with E-state index >= 15 is 0 Å². The first-order valence-corrected chi connectivity index (χ1v) is 11.9. The van der Waals surface area contributed by atoms with Crippen molar-refractivity contribution in [1.29, 1.82) is 0 Å². The molecule has 0 rings (SSSR count). The second-order valence-electron chi connectivity index (χ2n) is 8.38. The summed E-state index contributed by atoms with van der Waals surface area (Å²) in [6.45, 7) is 6.99. The van der Waals surface area contributed by atoms with Gasteiger partial charge in [0, 0.05) is 0 Å². The van der Waals surface area contributed by atoms with Crippen molar-refractivity contribution in [2.24, 2.45) is 23.3 Å². The molecule has 184 valence electrons. The zero-order valence-electron chi connectivity index (χ0n) is 19.3. The Hall–Kier alpha value is -2.34. The van der Waals surface area contributed by atoms with Gasteiger partial charge in [0.25, 0.3) is 0 Å². The van der Waals surface area contributed by atoms with Crippen molar-refractivity contribution in [1.82, 2.24) is 16.0 Å². The number of rotatable bonds is 15. The molecule has 0 aliphatic heterocycles. The highest BCUT2D eigenvalue weighted by Crippen LogP contribution is 2.08. The van der Waals surface area contributed by atoms with Crippen LogP contribution in [0.1, 0.15) is 47.0 Å². The maximum Gasteiger partial charge on any atom is 0.326 e. The van der Waals surface area contributed by atoms with E-state index in [-0.39, 0.29) is 18.3 Å². The van der Waals surface area contributed by atoms with Gasteiger partial charge in [-0.1, -0.05) is 27.7 Å². The number of hydrogen-bond acceptors (Lipinski definition) is 7. The van der Waals surface area contributed by atoms with Gasteiger partial charge in [-0.25, -0.2) is 4.79 Å². The van der Waals surface area contributed by atoms with Crippen molar-refractivity contribution >= 4 is 41.4 Å². The lowest BCUT2D eigenvalue weighted by Crippen LogP contribution is -2.59. The number of carboxylic acids is 1. The fraction of sp³-hybridized carbons (Fsp3) is 0.750. The quantitative estimate of drug-likeness (QED) is 0.177. The average molecular weight is 476 g/mol. The number of thioether (sulfide) groups is 1. The summed E-state index contributed by atoms with van der Waals surface area (Å²) in [5.74, 6) is -3.85. The molecule has 0 aromatic rings. The lowest BCUT2D eigenvalue weighted by atomic mass is 10.0. The molecule has 0 spiro atoms. The maximum atomic E-state index is 12.8. The highest BCUT2D eigenvalue weighted by atomic mass is 32.2. The average Bonchev–Trinajstić information content (AvgIpc) is 2.67. The van der Waals surface area contributed by atoms with Gasteiger partial charge in [0.1, 0.15) is 18.1 Å². The lowest BCUT2D eigenvalue weighted by molar-refractivity contribution is -0.143. The molecule has 0 saturated heterocycles. The number of hydrogen-bond donors (Lipinski definition) is 6. The second-order valence-corrected chi connectivity index (χ2v) is 9.36. The number of amides is 4. The van der Waals surface area contributed by atoms with Crippen LogP contribution in [0.15, 0.2) is 0 Å². The van der Waals surface area contributed by atoms with E-state index in [4.69, 9.17) is 11.5 Å². The topological polar surface area (TPSA) is 194 Å². The summed E-state index contributed by atoms with van der Waals surface area (Å²) in [6.07, 6.45) is 1.95. The molecule has 0 aromatic heterocycles. The third-order valence-electron chi connectivity index (χ3n) is 4.58. The molecule has 0 aromatic carbocycles. The standard InChI is InChI=1S/C20H37N5O6S/c1-10(2)8-14(20(30)31)24-18(28)13(9-15(22)26)23-19(29)16(11(3)4)25-17(27)12(21)6-7-32-5/h10-14,16H,6-9,21H2,1-5H3,(H2,22,26)(H,23,29)(H,24,28)(H,25,27)(H,30,31). The Morgan fingerprint density at radius 3 is 1.91 bits per heavy atom. The number of nitrogens with two attached hydrogens (primary N) is 2. The lowest BCUT2D eigenvalue weighted by Gasteiger charge is -2.26. The number of carboxylic acid groups (broad SMARTS) is 1. The highest BCUT2D eigenvalue weighted by Gasteiger charge is 2.32. The summed E-state index contributed by atoms with van der Waals surface area (Å²) >= 11 is 1.54. The Morgan fingerprint density at radius 1 is 0.906 bits per heavy atom. The van der Waals surface area contributed by atoms with E-state index in [0.717, 1.165) is 0 Å². The maximum absolute atomic E-state index is 12.8. The number of primary amides is 1. The van der Waals surface area contributed by atoms with Crippen LogP contribution in [0.5, 0.6) is 0 Å². The van der Waals surface area contributed by atoms with Gasteiger partial charge in [0.15, 0.2) is 0 Å². The molecule has 0 aliphatic rings. The minimum Gasteiger partial charge on any atom is -0.480 e. The van der Waals surface area contributed by atoms with Crippen LogP contribution in [-0.4, -0.2) is 70.9 Å². The van der Waals surface area contributed by atoms with Gasteiger partial charge in [-0.05, 0) is 36.7 Å². The Morgan fingerprint density at radius 2 is 1.47 bits per heavy atom. The minimum atomic E-state index is -1.39. The molecule has 4 unspecified atom stereocenters. The SMILES string of the molecule is CSCCC(N)C(=O)NC(C(=O)NC(CC(N)=O)C(=O)NC(CC(C)C)C(=O)O)C(C)C. The van der Waals surface area contributed by atoms with Gasteiger partial charge in [0.2, 0.25) is 23.6 Å². The molecule has 4 amide bonds. The molecule has 12 heteroatoms. The van der Waals surface area contributed by atoms with E-state index in [2.05, 4.69) is 16.0 Å². The summed E-state index contributed by atoms with van der Waals surface area (Å²) in [6, 6.07) is -4.40. The predicted molar refractivity (Wildman–Crippen MR) is 123 cm³/mol. The third-order valence-corrected chi connectivity index (χ3v) is 5.22. The molecular weight excluding hydrogens is 438 g/mol. The van der Waals surface area contributed by atoms with Crippen LogP contribution >= 0.6 is 11.8 Å². The second kappa shape index (κ2) is 14.7. The molecule has 0 fully saturated rings. The fourth-order valence-corrected chi connectivity index (χ4v) is 3.30. The molecule has 8 N–H and O–H groups in total. The molecule has 0 heterocycles. The fourth-order valence-electron chi connectivity index (χ4n) is 2.81. The third kappa shape index (κ3) is 11.3. The highest BCUT2D eigenvalue weighted by molar-refractivity contribution is 7.98. The molecule has 32 heavy (non-hydrogen) atoms. The van der Waals surface area contributed by atoms with Crippen LogP contribution < -0.4 is 27.4 Å². The van der Waals surface area contributed by atoms with Crippen molar-refractivity contribution in [3.05, 3.63) is 0 Å². The molecule has 0 bridgehead atoms. The smallest absolute Gasteiger partial charge is 0.326 e. The van der Waals surface area contributed by atoms with E-state index < -0.39 is 60.2 Å². The van der Waals surface area contributed by atoms with Gasteiger partial charge in [0.05, 0.1) is 12.5 Å². The Balaban J connectivity index is 5.40. The zero-order valence-corrected chi connectivity index (χ0v) is 20.2. The zero-order chi connectivity index (χ0) is 25.0. The van der Waals surface area contributed by atoms with Gasteiger partial charge in [-0.15, -0.1) is 0 Å². The first kappa shape index (κ1) is 29.7. The molecule has 0 saturated carbocycles. The van der Waals surface area contributed by atoms with E-state index in [1.165, 1.54) is 11.8 Å². The largest absolute Gasteiger partial charge is 0.480 e. The van der Waals surface area contributed by atoms with Crippen molar-refractivity contribution in [2.75, 3.05) is 12.0 Å². The summed E-state index contributed by atoms with van der Waals surface area (Å²) in [5.41, 5.74) is 11.1. The monoisotopic (exact) mass is 475 g/mol. The molecule has 4 atom stereocenters. The van der Waals surface area contributed by atoms with Gasteiger partial charge in [-0.3, -0.25) is 19.2 Å². The number of nitrogens with one attached hydrogen (secondary N) is 3. The minimum absolute atomic E-state index is 0.0172. The first-order valence-electron chi connectivity index (χ1n) is 10.5. The first-order chi connectivity index (χ1) is 14.8. The number of carbonyl (C=O) groups excluding carboxylic acids is 4. The van der Waals surface area contributed by atoms with Crippen molar-refractivity contribution in [3.8, 4) is 0 Å². The van der Waals surface area contributed by atoms with Crippen molar-refractivity contribution in [3.63, 3.8) is 0 Å². The Labute approximate surface area is 193 Å². The van der Waals surface area contributed by atoms with E-state index in [0.29, 0.717) is 12.2 Å². The summed E-state index contributed by atoms with van der Waals surface area (Å²) in [4.78, 5) is 60.7. The van der Waals surface area contributed by atoms with Crippen LogP contribution in [-0.2, 0) is 24.0 Å². The molecule has 0 radical (unpaired) electrons.